The molecule has 0 fully saturated rings. The van der Waals surface area contributed by atoms with E-state index in [1.807, 2.05) is 32.9 Å². The second kappa shape index (κ2) is 7.27. The Morgan fingerprint density at radius 3 is 2.68 bits per heavy atom. The van der Waals surface area contributed by atoms with Gasteiger partial charge in [-0.25, -0.2) is 9.37 Å². The first-order valence-corrected chi connectivity index (χ1v) is 10.3. The van der Waals surface area contributed by atoms with E-state index in [-0.39, 0.29) is 11.4 Å². The number of aryl methyl sites for hydroxylation is 2. The molecule has 4 aromatic rings. The van der Waals surface area contributed by atoms with Crippen LogP contribution in [-0.4, -0.2) is 26.1 Å². The van der Waals surface area contributed by atoms with Crippen molar-refractivity contribution >= 4 is 11.5 Å². The van der Waals surface area contributed by atoms with Gasteiger partial charge in [0, 0.05) is 65.4 Å². The topological polar surface area (TPSA) is 63.4 Å². The van der Waals surface area contributed by atoms with Gasteiger partial charge in [0.25, 0.3) is 5.56 Å². The Balaban J connectivity index is 1.57. The maximum absolute atomic E-state index is 14.3. The number of nitrogens with zero attached hydrogens (tertiary/aromatic N) is 5. The van der Waals surface area contributed by atoms with E-state index in [1.54, 1.807) is 18.3 Å². The van der Waals surface area contributed by atoms with Crippen LogP contribution in [0.15, 0.2) is 47.4 Å². The molecule has 5 rings (SSSR count). The number of fused-ring (bicyclic) bond motifs is 2. The van der Waals surface area contributed by atoms with E-state index < -0.39 is 0 Å². The quantitative estimate of drug-likeness (QED) is 0.499. The van der Waals surface area contributed by atoms with Crippen LogP contribution in [0.2, 0.25) is 0 Å². The predicted octanol–water partition coefficient (Wildman–Crippen LogP) is 3.78. The maximum Gasteiger partial charge on any atom is 0.274 e. The second-order valence-electron chi connectivity index (χ2n) is 8.03. The lowest BCUT2D eigenvalue weighted by Gasteiger charge is -2.31. The first-order valence-electron chi connectivity index (χ1n) is 10.3. The molecule has 3 aromatic heterocycles. The summed E-state index contributed by atoms with van der Waals surface area (Å²) in [5.74, 6) is 0.501. The van der Waals surface area contributed by atoms with Crippen LogP contribution in [0.25, 0.3) is 16.8 Å². The molecule has 0 saturated carbocycles. The summed E-state index contributed by atoms with van der Waals surface area (Å²) < 4.78 is 15.7. The van der Waals surface area contributed by atoms with Crippen molar-refractivity contribution in [1.29, 1.82) is 0 Å². The second-order valence-corrected chi connectivity index (χ2v) is 8.03. The van der Waals surface area contributed by atoms with E-state index in [4.69, 9.17) is 0 Å². The fourth-order valence-corrected chi connectivity index (χ4v) is 4.19. The summed E-state index contributed by atoms with van der Waals surface area (Å²) in [5.41, 5.74) is 6.38. The predicted molar refractivity (Wildman–Crippen MR) is 118 cm³/mol. The van der Waals surface area contributed by atoms with E-state index in [1.165, 1.54) is 16.6 Å². The van der Waals surface area contributed by atoms with Crippen molar-refractivity contribution in [2.75, 3.05) is 11.4 Å². The highest BCUT2D eigenvalue weighted by atomic mass is 19.1. The van der Waals surface area contributed by atoms with Crippen LogP contribution in [-0.2, 0) is 13.0 Å². The van der Waals surface area contributed by atoms with Gasteiger partial charge >= 0.3 is 0 Å². The highest BCUT2D eigenvalue weighted by Crippen LogP contribution is 2.30. The van der Waals surface area contributed by atoms with Gasteiger partial charge in [0.05, 0.1) is 0 Å². The van der Waals surface area contributed by atoms with E-state index >= 15 is 0 Å². The fraction of sp³-hybridized carbons (Fsp3) is 0.250. The van der Waals surface area contributed by atoms with Gasteiger partial charge in [0.15, 0.2) is 11.5 Å². The average molecular weight is 415 g/mol. The Kier molecular flexibility index (Phi) is 4.54. The number of hydrogen-bond acceptors (Lipinski definition) is 5. The molecule has 0 amide bonds. The molecule has 0 spiro atoms. The van der Waals surface area contributed by atoms with E-state index in [9.17, 15) is 9.18 Å². The highest BCUT2D eigenvalue weighted by Gasteiger charge is 2.23. The molecule has 7 heteroatoms. The monoisotopic (exact) mass is 415 g/mol. The van der Waals surface area contributed by atoms with E-state index in [0.29, 0.717) is 23.4 Å². The molecule has 0 bridgehead atoms. The zero-order valence-corrected chi connectivity index (χ0v) is 17.7. The molecule has 0 atom stereocenters. The standard InChI is InChI=1S/C24H22FN5O/c1-14-10-22(31)30-23(27-14)15(2)16(3)24(28-30)29-9-8-21-18(13-29)11-17(12-26-21)19-6-4-5-7-20(19)25/h4-7,10-12H,8-9,13H2,1-3H3. The van der Waals surface area contributed by atoms with Crippen molar-refractivity contribution in [3.8, 4) is 11.1 Å². The maximum atomic E-state index is 14.3. The molecule has 0 unspecified atom stereocenters. The summed E-state index contributed by atoms with van der Waals surface area (Å²) >= 11 is 0. The van der Waals surface area contributed by atoms with E-state index in [0.717, 1.165) is 46.7 Å². The normalized spacial score (nSPS) is 13.5. The summed E-state index contributed by atoms with van der Waals surface area (Å²) in [5, 5.41) is 4.65. The zero-order chi connectivity index (χ0) is 21.7. The van der Waals surface area contributed by atoms with Crippen LogP contribution in [0.5, 0.6) is 0 Å². The number of hydrogen-bond donors (Lipinski definition) is 0. The van der Waals surface area contributed by atoms with Crippen molar-refractivity contribution in [2.45, 2.75) is 33.7 Å². The third kappa shape index (κ3) is 3.26. The van der Waals surface area contributed by atoms with Crippen LogP contribution >= 0.6 is 0 Å². The summed E-state index contributed by atoms with van der Waals surface area (Å²) in [6, 6.07) is 10.2. The number of benzene rings is 1. The van der Waals surface area contributed by atoms with Gasteiger partial charge in [-0.1, -0.05) is 18.2 Å². The first-order chi connectivity index (χ1) is 14.9. The molecule has 1 aliphatic heterocycles. The van der Waals surface area contributed by atoms with Crippen molar-refractivity contribution in [3.05, 3.63) is 86.8 Å². The molecule has 0 saturated heterocycles. The third-order valence-corrected chi connectivity index (χ3v) is 5.98. The zero-order valence-electron chi connectivity index (χ0n) is 17.7. The van der Waals surface area contributed by atoms with Gasteiger partial charge < -0.3 is 4.90 Å². The SMILES string of the molecule is Cc1cc(=O)n2nc(N3CCc4ncc(-c5ccccc5F)cc4C3)c(C)c(C)c2n1. The van der Waals surface area contributed by atoms with Gasteiger partial charge in [-0.3, -0.25) is 9.78 Å². The largest absolute Gasteiger partial charge is 0.350 e. The molecule has 6 nitrogen and oxygen atoms in total. The lowest BCUT2D eigenvalue weighted by atomic mass is 9.99. The van der Waals surface area contributed by atoms with Gasteiger partial charge in [0.2, 0.25) is 0 Å². The third-order valence-electron chi connectivity index (χ3n) is 5.98. The van der Waals surface area contributed by atoms with Crippen molar-refractivity contribution in [3.63, 3.8) is 0 Å². The molecule has 31 heavy (non-hydrogen) atoms. The Morgan fingerprint density at radius 2 is 1.87 bits per heavy atom. The number of rotatable bonds is 2. The molecule has 0 N–H and O–H groups in total. The Morgan fingerprint density at radius 1 is 1.06 bits per heavy atom. The van der Waals surface area contributed by atoms with Crippen LogP contribution in [0.4, 0.5) is 10.2 Å². The van der Waals surface area contributed by atoms with Crippen LogP contribution in [0.1, 0.15) is 28.1 Å². The molecular weight excluding hydrogens is 393 g/mol. The number of pyridine rings is 1. The van der Waals surface area contributed by atoms with Crippen LogP contribution < -0.4 is 10.5 Å². The van der Waals surface area contributed by atoms with Crippen molar-refractivity contribution in [2.24, 2.45) is 0 Å². The molecule has 4 heterocycles. The van der Waals surface area contributed by atoms with Gasteiger partial charge in [-0.05, 0) is 38.5 Å². The Hall–Kier alpha value is -3.61. The fourth-order valence-electron chi connectivity index (χ4n) is 4.19. The molecule has 0 radical (unpaired) electrons. The minimum atomic E-state index is -0.262. The summed E-state index contributed by atoms with van der Waals surface area (Å²) in [4.78, 5) is 23.8. The summed E-state index contributed by atoms with van der Waals surface area (Å²) in [6.07, 6.45) is 2.50. The van der Waals surface area contributed by atoms with Crippen molar-refractivity contribution in [1.82, 2.24) is 19.6 Å². The minimum absolute atomic E-state index is 0.187. The molecule has 0 aliphatic carbocycles. The smallest absolute Gasteiger partial charge is 0.274 e. The molecular formula is C24H22FN5O. The number of anilines is 1. The number of aromatic nitrogens is 4. The lowest BCUT2D eigenvalue weighted by Crippen LogP contribution is -2.34. The van der Waals surface area contributed by atoms with E-state index in [2.05, 4.69) is 20.0 Å². The van der Waals surface area contributed by atoms with Crippen LogP contribution in [0, 0.1) is 26.6 Å². The van der Waals surface area contributed by atoms with Crippen LogP contribution in [0.3, 0.4) is 0 Å². The van der Waals surface area contributed by atoms with Gasteiger partial charge in [0.1, 0.15) is 5.82 Å². The molecule has 1 aromatic carbocycles. The lowest BCUT2D eigenvalue weighted by molar-refractivity contribution is 0.631. The Bertz CT molecular complexity index is 1400. The highest BCUT2D eigenvalue weighted by molar-refractivity contribution is 5.65. The van der Waals surface area contributed by atoms with Crippen molar-refractivity contribution < 1.29 is 4.39 Å². The Labute approximate surface area is 179 Å². The van der Waals surface area contributed by atoms with Gasteiger partial charge in [-0.15, -0.1) is 5.10 Å². The summed E-state index contributed by atoms with van der Waals surface area (Å²) in [7, 11) is 0. The summed E-state index contributed by atoms with van der Waals surface area (Å²) in [6.45, 7) is 7.13. The average Bonchev–Trinajstić information content (AvgIpc) is 2.76. The molecule has 156 valence electrons. The molecule has 1 aliphatic rings. The van der Waals surface area contributed by atoms with Gasteiger partial charge in [-0.2, -0.15) is 4.52 Å². The minimum Gasteiger partial charge on any atom is -0.350 e. The number of halogens is 1. The first kappa shape index (κ1) is 19.4.